The van der Waals surface area contributed by atoms with Crippen molar-refractivity contribution in [1.29, 1.82) is 0 Å². The van der Waals surface area contributed by atoms with Crippen LogP contribution < -0.4 is 9.62 Å². The fourth-order valence-electron chi connectivity index (χ4n) is 4.21. The molecule has 7 nitrogen and oxygen atoms in total. The number of nitrogens with zero attached hydrogens (tertiary/aromatic N) is 2. The lowest BCUT2D eigenvalue weighted by molar-refractivity contribution is -0.140. The zero-order chi connectivity index (χ0) is 28.6. The first kappa shape index (κ1) is 30.4. The number of anilines is 1. The lowest BCUT2D eigenvalue weighted by Gasteiger charge is -2.34. The summed E-state index contributed by atoms with van der Waals surface area (Å²) in [6.07, 6.45) is 2.09. The zero-order valence-corrected chi connectivity index (χ0v) is 25.2. The fraction of sp³-hybridized carbons (Fsp3) is 0.333. The summed E-state index contributed by atoms with van der Waals surface area (Å²) >= 11 is 3.42. The van der Waals surface area contributed by atoms with Crippen LogP contribution in [0.5, 0.6) is 0 Å². The van der Waals surface area contributed by atoms with Gasteiger partial charge in [0.05, 0.1) is 11.9 Å². The molecule has 2 amide bonds. The summed E-state index contributed by atoms with van der Waals surface area (Å²) in [6, 6.07) is 23.1. The van der Waals surface area contributed by atoms with Crippen molar-refractivity contribution < 1.29 is 18.0 Å². The van der Waals surface area contributed by atoms with E-state index >= 15 is 0 Å². The Bertz CT molecular complexity index is 1380. The van der Waals surface area contributed by atoms with E-state index in [9.17, 15) is 18.0 Å². The Labute approximate surface area is 240 Å². The van der Waals surface area contributed by atoms with E-state index in [4.69, 9.17) is 0 Å². The van der Waals surface area contributed by atoms with Gasteiger partial charge < -0.3 is 10.2 Å². The number of sulfonamides is 1. The lowest BCUT2D eigenvalue weighted by Crippen LogP contribution is -2.54. The minimum absolute atomic E-state index is 0.0843. The summed E-state index contributed by atoms with van der Waals surface area (Å²) in [5.74, 6) is -0.749. The summed E-state index contributed by atoms with van der Waals surface area (Å²) in [5.41, 5.74) is 3.11. The van der Waals surface area contributed by atoms with E-state index in [1.807, 2.05) is 75.4 Å². The van der Waals surface area contributed by atoms with E-state index in [2.05, 4.69) is 21.2 Å². The first-order valence-corrected chi connectivity index (χ1v) is 15.6. The van der Waals surface area contributed by atoms with Gasteiger partial charge in [-0.15, -0.1) is 0 Å². The third-order valence-corrected chi connectivity index (χ3v) is 8.47. The van der Waals surface area contributed by atoms with Crippen LogP contribution in [0.2, 0.25) is 0 Å². The molecule has 208 valence electrons. The largest absolute Gasteiger partial charge is 0.352 e. The molecule has 39 heavy (non-hydrogen) atoms. The predicted octanol–water partition coefficient (Wildman–Crippen LogP) is 5.08. The van der Waals surface area contributed by atoms with E-state index in [1.54, 1.807) is 24.3 Å². The molecule has 9 heteroatoms. The van der Waals surface area contributed by atoms with Gasteiger partial charge in [-0.2, -0.15) is 0 Å². The van der Waals surface area contributed by atoms with Crippen molar-refractivity contribution >= 4 is 43.5 Å². The maximum absolute atomic E-state index is 14.1. The molecule has 0 aliphatic heterocycles. The van der Waals surface area contributed by atoms with Gasteiger partial charge in [-0.25, -0.2) is 8.42 Å². The number of aryl methyl sites for hydroxylation is 1. The molecule has 0 bridgehead atoms. The number of carbonyl (C=O) groups is 2. The summed E-state index contributed by atoms with van der Waals surface area (Å²) in [6.45, 7) is 5.56. The van der Waals surface area contributed by atoms with E-state index < -0.39 is 28.5 Å². The van der Waals surface area contributed by atoms with Gasteiger partial charge in [0.1, 0.15) is 12.6 Å². The number of hydrogen-bond acceptors (Lipinski definition) is 4. The van der Waals surface area contributed by atoms with E-state index in [0.29, 0.717) is 10.2 Å². The van der Waals surface area contributed by atoms with Crippen LogP contribution in [0.3, 0.4) is 0 Å². The van der Waals surface area contributed by atoms with Crippen molar-refractivity contribution in [2.24, 2.45) is 0 Å². The maximum atomic E-state index is 14.1. The molecule has 0 saturated carbocycles. The Balaban J connectivity index is 2.08. The quantitative estimate of drug-likeness (QED) is 0.309. The van der Waals surface area contributed by atoms with Crippen molar-refractivity contribution in [3.05, 3.63) is 100 Å². The molecule has 3 aromatic rings. The fourth-order valence-corrected chi connectivity index (χ4v) is 5.69. The minimum Gasteiger partial charge on any atom is -0.352 e. The van der Waals surface area contributed by atoms with Crippen LogP contribution in [0.25, 0.3) is 0 Å². The number of nitrogens with one attached hydrogen (secondary N) is 1. The van der Waals surface area contributed by atoms with Crippen LogP contribution in [0.15, 0.2) is 83.3 Å². The smallest absolute Gasteiger partial charge is 0.244 e. The molecular formula is C30H36BrN3O4S. The molecule has 2 atom stereocenters. The average Bonchev–Trinajstić information content (AvgIpc) is 2.90. The number of rotatable bonds is 12. The number of para-hydroxylation sites is 1. The molecule has 0 unspecified atom stereocenters. The first-order valence-electron chi connectivity index (χ1n) is 12.9. The second-order valence-electron chi connectivity index (χ2n) is 9.69. The molecule has 0 aliphatic rings. The molecule has 0 fully saturated rings. The van der Waals surface area contributed by atoms with Crippen molar-refractivity contribution in [2.45, 2.75) is 52.2 Å². The van der Waals surface area contributed by atoms with E-state index in [1.165, 1.54) is 4.90 Å². The standard InChI is InChI=1S/C30H36BrN3O4S/c1-5-23(3)32-30(36)28(19-24-14-7-6-8-15-24)33(20-25-16-10-9-13-22(25)2)29(35)21-34(39(4,37)38)27-18-12-11-17-26(27)31/h6-18,23,28H,5,19-21H2,1-4H3,(H,32,36)/t23-,28-/m0/s1. The second kappa shape index (κ2) is 13.8. The summed E-state index contributed by atoms with van der Waals surface area (Å²) in [5, 5.41) is 3.04. The lowest BCUT2D eigenvalue weighted by atomic mass is 10.0. The molecule has 0 spiro atoms. The van der Waals surface area contributed by atoms with Gasteiger partial charge in [-0.1, -0.05) is 73.7 Å². The van der Waals surface area contributed by atoms with Crippen LogP contribution in [0.4, 0.5) is 5.69 Å². The van der Waals surface area contributed by atoms with Gasteiger partial charge in [0.2, 0.25) is 21.8 Å². The maximum Gasteiger partial charge on any atom is 0.244 e. The number of carbonyl (C=O) groups excluding carboxylic acids is 2. The molecule has 0 radical (unpaired) electrons. The Kier molecular flexibility index (Phi) is 10.7. The van der Waals surface area contributed by atoms with Crippen LogP contribution in [-0.2, 0) is 32.6 Å². The number of benzene rings is 3. The minimum atomic E-state index is -3.82. The Morgan fingerprint density at radius 1 is 0.949 bits per heavy atom. The molecule has 0 heterocycles. The van der Waals surface area contributed by atoms with Crippen LogP contribution in [0, 0.1) is 6.92 Å². The molecule has 0 saturated heterocycles. The normalized spacial score (nSPS) is 12.8. The molecule has 1 N–H and O–H groups in total. The number of amides is 2. The van der Waals surface area contributed by atoms with Gasteiger partial charge in [-0.3, -0.25) is 13.9 Å². The van der Waals surface area contributed by atoms with Gasteiger partial charge in [0.25, 0.3) is 0 Å². The van der Waals surface area contributed by atoms with Crippen LogP contribution in [-0.4, -0.2) is 50.0 Å². The average molecular weight is 615 g/mol. The first-order chi connectivity index (χ1) is 18.5. The van der Waals surface area contributed by atoms with E-state index in [-0.39, 0.29) is 24.9 Å². The zero-order valence-electron chi connectivity index (χ0n) is 22.8. The number of hydrogen-bond donors (Lipinski definition) is 1. The van der Waals surface area contributed by atoms with E-state index in [0.717, 1.165) is 33.7 Å². The molecule has 0 aliphatic carbocycles. The van der Waals surface area contributed by atoms with Gasteiger partial charge >= 0.3 is 0 Å². The van der Waals surface area contributed by atoms with Gasteiger partial charge in [0, 0.05) is 23.5 Å². The highest BCUT2D eigenvalue weighted by atomic mass is 79.9. The van der Waals surface area contributed by atoms with Crippen LogP contribution in [0.1, 0.15) is 37.0 Å². The molecule has 3 rings (SSSR count). The number of halogens is 1. The third-order valence-electron chi connectivity index (χ3n) is 6.67. The Morgan fingerprint density at radius 3 is 2.18 bits per heavy atom. The predicted molar refractivity (Wildman–Crippen MR) is 160 cm³/mol. The third kappa shape index (κ3) is 8.41. The van der Waals surface area contributed by atoms with Gasteiger partial charge in [0.15, 0.2) is 0 Å². The van der Waals surface area contributed by atoms with Crippen molar-refractivity contribution in [3.8, 4) is 0 Å². The Morgan fingerprint density at radius 2 is 1.56 bits per heavy atom. The molecular weight excluding hydrogens is 578 g/mol. The van der Waals surface area contributed by atoms with Crippen molar-refractivity contribution in [1.82, 2.24) is 10.2 Å². The van der Waals surface area contributed by atoms with Crippen LogP contribution >= 0.6 is 15.9 Å². The highest BCUT2D eigenvalue weighted by Gasteiger charge is 2.34. The van der Waals surface area contributed by atoms with Crippen molar-refractivity contribution in [3.63, 3.8) is 0 Å². The monoisotopic (exact) mass is 613 g/mol. The Hall–Kier alpha value is -3.17. The summed E-state index contributed by atoms with van der Waals surface area (Å²) in [4.78, 5) is 29.3. The molecule has 3 aromatic carbocycles. The highest BCUT2D eigenvalue weighted by Crippen LogP contribution is 2.28. The summed E-state index contributed by atoms with van der Waals surface area (Å²) in [7, 11) is -3.82. The van der Waals surface area contributed by atoms with Gasteiger partial charge in [-0.05, 0) is 65.0 Å². The van der Waals surface area contributed by atoms with Crippen molar-refractivity contribution in [2.75, 3.05) is 17.1 Å². The second-order valence-corrected chi connectivity index (χ2v) is 12.5. The summed E-state index contributed by atoms with van der Waals surface area (Å²) < 4.78 is 27.4. The topological polar surface area (TPSA) is 86.8 Å². The highest BCUT2D eigenvalue weighted by molar-refractivity contribution is 9.10. The SMILES string of the molecule is CC[C@H](C)NC(=O)[C@H](Cc1ccccc1)N(Cc1ccccc1C)C(=O)CN(c1ccccc1Br)S(C)(=O)=O. The molecule has 0 aromatic heterocycles.